The van der Waals surface area contributed by atoms with Gasteiger partial charge in [0.25, 0.3) is 5.91 Å². The molecule has 2 N–H and O–H groups in total. The Hall–Kier alpha value is -2.54. The van der Waals surface area contributed by atoms with Crippen LogP contribution in [0.5, 0.6) is 17.2 Å². The third-order valence-electron chi connectivity index (χ3n) is 3.46. The van der Waals surface area contributed by atoms with Gasteiger partial charge in [-0.15, -0.1) is 0 Å². The number of hydrazone groups is 1. The number of benzene rings is 2. The number of phenolic OH excluding ortho intramolecular Hbond substituents is 1. The standard InChI is InChI=1S/C19H21BrN2O4/c1-3-13-5-7-15(8-6-13)26-12-18(23)22-21-11-14-9-16(20)19(24)17(10-14)25-4-2/h5-11,24H,3-4,12H2,1-2H3,(H,22,23)/b21-11+. The van der Waals surface area contributed by atoms with Gasteiger partial charge in [0, 0.05) is 0 Å². The van der Waals surface area contributed by atoms with Crippen LogP contribution in [0.4, 0.5) is 0 Å². The van der Waals surface area contributed by atoms with Gasteiger partial charge in [0.05, 0.1) is 17.3 Å². The SMILES string of the molecule is CCOc1cc(/C=N/NC(=O)COc2ccc(CC)cc2)cc(Br)c1O. The number of ether oxygens (including phenoxy) is 2. The normalized spacial score (nSPS) is 10.7. The molecule has 0 heterocycles. The smallest absolute Gasteiger partial charge is 0.277 e. The molecule has 0 saturated carbocycles. The number of nitrogens with one attached hydrogen (secondary N) is 1. The first kappa shape index (κ1) is 19.8. The lowest BCUT2D eigenvalue weighted by molar-refractivity contribution is -0.123. The second-order valence-corrected chi connectivity index (χ2v) is 6.22. The van der Waals surface area contributed by atoms with Gasteiger partial charge in [-0.2, -0.15) is 5.10 Å². The molecule has 0 aliphatic rings. The highest BCUT2D eigenvalue weighted by Crippen LogP contribution is 2.35. The largest absolute Gasteiger partial charge is 0.503 e. The van der Waals surface area contributed by atoms with E-state index in [-0.39, 0.29) is 18.3 Å². The predicted octanol–water partition coefficient (Wildman–Crippen LogP) is 3.64. The van der Waals surface area contributed by atoms with Gasteiger partial charge in [0.15, 0.2) is 18.1 Å². The van der Waals surface area contributed by atoms with Crippen LogP contribution in [0.25, 0.3) is 0 Å². The van der Waals surface area contributed by atoms with Crippen molar-refractivity contribution in [1.82, 2.24) is 5.43 Å². The summed E-state index contributed by atoms with van der Waals surface area (Å²) in [6.45, 7) is 4.19. The van der Waals surface area contributed by atoms with Crippen LogP contribution in [-0.2, 0) is 11.2 Å². The zero-order valence-corrected chi connectivity index (χ0v) is 16.2. The van der Waals surface area contributed by atoms with Gasteiger partial charge < -0.3 is 14.6 Å². The van der Waals surface area contributed by atoms with Crippen molar-refractivity contribution in [2.24, 2.45) is 5.10 Å². The van der Waals surface area contributed by atoms with E-state index in [0.717, 1.165) is 6.42 Å². The maximum absolute atomic E-state index is 11.8. The highest BCUT2D eigenvalue weighted by molar-refractivity contribution is 9.10. The number of carbonyl (C=O) groups is 1. The number of aryl methyl sites for hydroxylation is 1. The Kier molecular flexibility index (Phi) is 7.47. The number of phenols is 1. The van der Waals surface area contributed by atoms with Gasteiger partial charge >= 0.3 is 0 Å². The summed E-state index contributed by atoms with van der Waals surface area (Å²) in [4.78, 5) is 11.8. The maximum atomic E-state index is 11.8. The molecule has 0 spiro atoms. The molecule has 2 rings (SSSR count). The lowest BCUT2D eigenvalue weighted by atomic mass is 10.2. The fourth-order valence-corrected chi connectivity index (χ4v) is 2.57. The zero-order valence-electron chi connectivity index (χ0n) is 14.7. The molecule has 0 unspecified atom stereocenters. The quantitative estimate of drug-likeness (QED) is 0.504. The van der Waals surface area contributed by atoms with E-state index in [1.165, 1.54) is 11.8 Å². The van der Waals surface area contributed by atoms with Crippen molar-refractivity contribution in [2.75, 3.05) is 13.2 Å². The van der Waals surface area contributed by atoms with Crippen molar-refractivity contribution in [2.45, 2.75) is 20.3 Å². The first-order valence-electron chi connectivity index (χ1n) is 8.22. The van der Waals surface area contributed by atoms with Crippen LogP contribution in [0.1, 0.15) is 25.0 Å². The summed E-state index contributed by atoms with van der Waals surface area (Å²) in [5, 5.41) is 13.8. The molecule has 6 nitrogen and oxygen atoms in total. The molecule has 0 atom stereocenters. The molecule has 0 aromatic heterocycles. The number of hydrogen-bond donors (Lipinski definition) is 2. The summed E-state index contributed by atoms with van der Waals surface area (Å²) in [6.07, 6.45) is 2.41. The Morgan fingerprint density at radius 1 is 1.23 bits per heavy atom. The van der Waals surface area contributed by atoms with Crippen molar-refractivity contribution >= 4 is 28.1 Å². The number of nitrogens with zero attached hydrogens (tertiary/aromatic N) is 1. The molecular formula is C19H21BrN2O4. The Morgan fingerprint density at radius 2 is 1.96 bits per heavy atom. The van der Waals surface area contributed by atoms with Gasteiger partial charge in [-0.1, -0.05) is 19.1 Å². The van der Waals surface area contributed by atoms with Gasteiger partial charge in [-0.3, -0.25) is 4.79 Å². The van der Waals surface area contributed by atoms with E-state index in [2.05, 4.69) is 33.4 Å². The lowest BCUT2D eigenvalue weighted by Gasteiger charge is -2.08. The van der Waals surface area contributed by atoms with E-state index in [4.69, 9.17) is 9.47 Å². The van der Waals surface area contributed by atoms with E-state index >= 15 is 0 Å². The first-order chi connectivity index (χ1) is 12.5. The second kappa shape index (κ2) is 9.82. The van der Waals surface area contributed by atoms with E-state index in [1.807, 2.05) is 31.2 Å². The van der Waals surface area contributed by atoms with Gasteiger partial charge in [-0.25, -0.2) is 5.43 Å². The average Bonchev–Trinajstić information content (AvgIpc) is 2.64. The molecule has 1 amide bonds. The summed E-state index contributed by atoms with van der Waals surface area (Å²) >= 11 is 3.25. The van der Waals surface area contributed by atoms with Crippen molar-refractivity contribution in [1.29, 1.82) is 0 Å². The van der Waals surface area contributed by atoms with Crippen molar-refractivity contribution in [3.8, 4) is 17.2 Å². The van der Waals surface area contributed by atoms with E-state index in [9.17, 15) is 9.90 Å². The third kappa shape index (κ3) is 5.77. The van der Waals surface area contributed by atoms with Crippen LogP contribution in [0.3, 0.4) is 0 Å². The molecule has 138 valence electrons. The lowest BCUT2D eigenvalue weighted by Crippen LogP contribution is -2.24. The molecule has 0 bridgehead atoms. The van der Waals surface area contributed by atoms with Crippen LogP contribution in [-0.4, -0.2) is 30.4 Å². The number of carbonyl (C=O) groups excluding carboxylic acids is 1. The van der Waals surface area contributed by atoms with Crippen LogP contribution >= 0.6 is 15.9 Å². The van der Waals surface area contributed by atoms with Gasteiger partial charge in [0.1, 0.15) is 5.75 Å². The minimum absolute atomic E-state index is 0.0236. The minimum atomic E-state index is -0.372. The zero-order chi connectivity index (χ0) is 18.9. The van der Waals surface area contributed by atoms with Crippen LogP contribution < -0.4 is 14.9 Å². The Morgan fingerprint density at radius 3 is 2.62 bits per heavy atom. The minimum Gasteiger partial charge on any atom is -0.503 e. The van der Waals surface area contributed by atoms with Crippen molar-refractivity contribution in [3.05, 3.63) is 52.0 Å². The summed E-state index contributed by atoms with van der Waals surface area (Å²) < 4.78 is 11.2. The number of halogens is 1. The molecule has 2 aromatic rings. The van der Waals surface area contributed by atoms with E-state index in [1.54, 1.807) is 12.1 Å². The summed E-state index contributed by atoms with van der Waals surface area (Å²) in [5.74, 6) is 0.623. The van der Waals surface area contributed by atoms with Gasteiger partial charge in [0.2, 0.25) is 0 Å². The number of aromatic hydroxyl groups is 1. The fourth-order valence-electron chi connectivity index (χ4n) is 2.12. The monoisotopic (exact) mass is 420 g/mol. The molecule has 0 fully saturated rings. The van der Waals surface area contributed by atoms with Crippen molar-refractivity contribution < 1.29 is 19.4 Å². The molecule has 0 aliphatic heterocycles. The number of hydrogen-bond acceptors (Lipinski definition) is 5. The Labute approximate surface area is 161 Å². The molecule has 2 aromatic carbocycles. The molecule has 0 saturated heterocycles. The number of amides is 1. The molecule has 26 heavy (non-hydrogen) atoms. The van der Waals surface area contributed by atoms with E-state index < -0.39 is 0 Å². The van der Waals surface area contributed by atoms with Crippen LogP contribution in [0, 0.1) is 0 Å². The highest BCUT2D eigenvalue weighted by Gasteiger charge is 2.08. The van der Waals surface area contributed by atoms with Gasteiger partial charge in [-0.05, 0) is 64.7 Å². The van der Waals surface area contributed by atoms with Crippen LogP contribution in [0.15, 0.2) is 46.0 Å². The second-order valence-electron chi connectivity index (χ2n) is 5.36. The topological polar surface area (TPSA) is 80.2 Å². The van der Waals surface area contributed by atoms with E-state index in [0.29, 0.717) is 28.1 Å². The number of rotatable bonds is 8. The highest BCUT2D eigenvalue weighted by atomic mass is 79.9. The first-order valence-corrected chi connectivity index (χ1v) is 9.01. The molecule has 0 radical (unpaired) electrons. The maximum Gasteiger partial charge on any atom is 0.277 e. The summed E-state index contributed by atoms with van der Waals surface area (Å²) in [5.41, 5.74) is 4.26. The summed E-state index contributed by atoms with van der Waals surface area (Å²) in [7, 11) is 0. The summed E-state index contributed by atoms with van der Waals surface area (Å²) in [6, 6.07) is 10.9. The molecular weight excluding hydrogens is 400 g/mol. The fraction of sp³-hybridized carbons (Fsp3) is 0.263. The Bertz CT molecular complexity index is 776. The molecule has 7 heteroatoms. The third-order valence-corrected chi connectivity index (χ3v) is 4.06. The Balaban J connectivity index is 1.88. The molecule has 0 aliphatic carbocycles. The predicted molar refractivity (Wildman–Crippen MR) is 104 cm³/mol. The van der Waals surface area contributed by atoms with Crippen LogP contribution in [0.2, 0.25) is 0 Å². The van der Waals surface area contributed by atoms with Crippen molar-refractivity contribution in [3.63, 3.8) is 0 Å². The average molecular weight is 421 g/mol.